The minimum Gasteiger partial charge on any atom is -0.392 e. The Morgan fingerprint density at radius 3 is 2.68 bits per heavy atom. The number of aliphatic hydroxyl groups excluding tert-OH is 2. The van der Waals surface area contributed by atoms with Crippen LogP contribution in [-0.4, -0.2) is 90.9 Å². The molecule has 13 atom stereocenters. The van der Waals surface area contributed by atoms with Crippen LogP contribution in [0.15, 0.2) is 0 Å². The van der Waals surface area contributed by atoms with Gasteiger partial charge >= 0.3 is 0 Å². The first-order chi connectivity index (χ1) is 14.9. The molecule has 7 fully saturated rings. The Bertz CT molecular complexity index is 811. The molecule has 0 amide bonds. The van der Waals surface area contributed by atoms with E-state index < -0.39 is 23.4 Å². The monoisotopic (exact) mass is 435 g/mol. The number of piperidine rings is 1. The summed E-state index contributed by atoms with van der Waals surface area (Å²) in [6.45, 7) is 6.78. The fourth-order valence-electron chi connectivity index (χ4n) is 11.1. The predicted octanol–water partition coefficient (Wildman–Crippen LogP) is 1.01. The fourth-order valence-corrected chi connectivity index (χ4v) is 11.1. The van der Waals surface area contributed by atoms with E-state index in [1.54, 1.807) is 7.11 Å². The second-order valence-corrected chi connectivity index (χ2v) is 11.9. The normalized spacial score (nSPS) is 65.8. The SMILES string of the molecule is CCN1CC2(C)CCC(O)C34C5CC6C(OC)CC7(OCOC7(C(OC)C23)C14)C5C6O. The molecule has 174 valence electrons. The molecule has 2 saturated heterocycles. The minimum absolute atomic E-state index is 0.0358. The summed E-state index contributed by atoms with van der Waals surface area (Å²) in [7, 11) is 3.57. The van der Waals surface area contributed by atoms with E-state index in [0.717, 1.165) is 38.8 Å². The van der Waals surface area contributed by atoms with Crippen molar-refractivity contribution in [2.24, 2.45) is 34.5 Å². The Balaban J connectivity index is 1.57. The van der Waals surface area contributed by atoms with Gasteiger partial charge in [0.1, 0.15) is 18.0 Å². The largest absolute Gasteiger partial charge is 0.392 e. The Morgan fingerprint density at radius 2 is 1.97 bits per heavy atom. The first kappa shape index (κ1) is 20.1. The third-order valence-corrected chi connectivity index (χ3v) is 11.6. The van der Waals surface area contributed by atoms with Crippen LogP contribution in [0.5, 0.6) is 0 Å². The second kappa shape index (κ2) is 5.85. The Hall–Kier alpha value is -0.280. The van der Waals surface area contributed by atoms with Gasteiger partial charge in [-0.25, -0.2) is 0 Å². The van der Waals surface area contributed by atoms with E-state index >= 15 is 0 Å². The molecule has 5 aliphatic carbocycles. The van der Waals surface area contributed by atoms with Gasteiger partial charge < -0.3 is 29.2 Å². The highest BCUT2D eigenvalue weighted by molar-refractivity contribution is 5.42. The number of likely N-dealkylation sites (N-methyl/N-ethyl adjacent to an activating group) is 1. The predicted molar refractivity (Wildman–Crippen MR) is 110 cm³/mol. The summed E-state index contributed by atoms with van der Waals surface area (Å²) in [6, 6.07) is 0.0358. The van der Waals surface area contributed by atoms with Gasteiger partial charge in [-0.15, -0.1) is 0 Å². The van der Waals surface area contributed by atoms with Crippen LogP contribution >= 0.6 is 0 Å². The van der Waals surface area contributed by atoms with Crippen molar-refractivity contribution in [3.8, 4) is 0 Å². The molecular formula is C24H37NO6. The maximum absolute atomic E-state index is 11.9. The van der Waals surface area contributed by atoms with Gasteiger partial charge in [0.2, 0.25) is 0 Å². The van der Waals surface area contributed by atoms with Gasteiger partial charge in [0.15, 0.2) is 0 Å². The number of fused-ring (bicyclic) bond motifs is 1. The van der Waals surface area contributed by atoms with Gasteiger partial charge in [-0.1, -0.05) is 13.8 Å². The zero-order valence-corrected chi connectivity index (χ0v) is 19.1. The van der Waals surface area contributed by atoms with Crippen molar-refractivity contribution in [2.75, 3.05) is 34.1 Å². The first-order valence-electron chi connectivity index (χ1n) is 12.3. The third kappa shape index (κ3) is 1.74. The van der Waals surface area contributed by atoms with Gasteiger partial charge in [-0.3, -0.25) is 4.90 Å². The molecule has 7 rings (SSSR count). The zero-order valence-electron chi connectivity index (χ0n) is 19.1. The molecule has 2 heterocycles. The molecule has 0 radical (unpaired) electrons. The van der Waals surface area contributed by atoms with Crippen LogP contribution in [0, 0.1) is 34.5 Å². The minimum atomic E-state index is -0.695. The van der Waals surface area contributed by atoms with E-state index in [9.17, 15) is 10.2 Å². The van der Waals surface area contributed by atoms with E-state index in [4.69, 9.17) is 18.9 Å². The van der Waals surface area contributed by atoms with Crippen molar-refractivity contribution in [2.45, 2.75) is 81.2 Å². The van der Waals surface area contributed by atoms with Crippen LogP contribution in [0.4, 0.5) is 0 Å². The Labute approximate surface area is 184 Å². The summed E-state index contributed by atoms with van der Waals surface area (Å²) >= 11 is 0. The molecule has 7 bridgehead atoms. The fraction of sp³-hybridized carbons (Fsp3) is 1.00. The van der Waals surface area contributed by atoms with Crippen molar-refractivity contribution in [1.29, 1.82) is 0 Å². The molecule has 5 saturated carbocycles. The molecule has 0 aromatic carbocycles. The summed E-state index contributed by atoms with van der Waals surface area (Å²) < 4.78 is 25.9. The lowest BCUT2D eigenvalue weighted by Gasteiger charge is -2.69. The smallest absolute Gasteiger partial charge is 0.148 e. The second-order valence-electron chi connectivity index (χ2n) is 11.9. The molecular weight excluding hydrogens is 398 g/mol. The summed E-state index contributed by atoms with van der Waals surface area (Å²) in [5, 5.41) is 23.6. The van der Waals surface area contributed by atoms with Crippen molar-refractivity contribution < 1.29 is 29.2 Å². The van der Waals surface area contributed by atoms with E-state index in [-0.39, 0.29) is 59.5 Å². The quantitative estimate of drug-likeness (QED) is 0.685. The van der Waals surface area contributed by atoms with E-state index in [2.05, 4.69) is 18.7 Å². The number of nitrogens with zero attached hydrogens (tertiary/aromatic N) is 1. The van der Waals surface area contributed by atoms with Crippen LogP contribution in [0.1, 0.15) is 39.5 Å². The lowest BCUT2D eigenvalue weighted by Crippen LogP contribution is -2.80. The average molecular weight is 436 g/mol. The van der Waals surface area contributed by atoms with E-state index in [0.29, 0.717) is 0 Å². The van der Waals surface area contributed by atoms with Crippen LogP contribution < -0.4 is 0 Å². The van der Waals surface area contributed by atoms with E-state index in [1.165, 1.54) is 0 Å². The van der Waals surface area contributed by atoms with Crippen LogP contribution in [0.25, 0.3) is 0 Å². The van der Waals surface area contributed by atoms with Crippen molar-refractivity contribution >= 4 is 0 Å². The molecule has 2 aliphatic heterocycles. The molecule has 0 aromatic heterocycles. The van der Waals surface area contributed by atoms with Gasteiger partial charge in [0, 0.05) is 50.4 Å². The lowest BCUT2D eigenvalue weighted by molar-refractivity contribution is -0.278. The highest BCUT2D eigenvalue weighted by Gasteiger charge is 2.93. The molecule has 7 aliphatic rings. The van der Waals surface area contributed by atoms with Gasteiger partial charge in [0.05, 0.1) is 30.5 Å². The lowest BCUT2D eigenvalue weighted by atomic mass is 9.43. The molecule has 7 heteroatoms. The number of ether oxygens (including phenoxy) is 4. The topological polar surface area (TPSA) is 80.6 Å². The van der Waals surface area contributed by atoms with Crippen molar-refractivity contribution in [1.82, 2.24) is 4.90 Å². The van der Waals surface area contributed by atoms with Gasteiger partial charge in [0.25, 0.3) is 0 Å². The van der Waals surface area contributed by atoms with Gasteiger partial charge in [-0.05, 0) is 37.1 Å². The number of likely N-dealkylation sites (tertiary alicyclic amines) is 1. The van der Waals surface area contributed by atoms with Crippen LogP contribution in [0.2, 0.25) is 0 Å². The maximum atomic E-state index is 11.9. The van der Waals surface area contributed by atoms with Crippen LogP contribution in [0.3, 0.4) is 0 Å². The molecule has 13 unspecified atom stereocenters. The number of aliphatic hydroxyl groups is 2. The summed E-state index contributed by atoms with van der Waals surface area (Å²) in [5.74, 6) is 0.432. The van der Waals surface area contributed by atoms with Crippen LogP contribution in [-0.2, 0) is 18.9 Å². The number of methoxy groups -OCH3 is 2. The highest BCUT2D eigenvalue weighted by atomic mass is 16.7. The maximum Gasteiger partial charge on any atom is 0.148 e. The van der Waals surface area contributed by atoms with Gasteiger partial charge in [-0.2, -0.15) is 0 Å². The third-order valence-electron chi connectivity index (χ3n) is 11.6. The summed E-state index contributed by atoms with van der Waals surface area (Å²) in [6.07, 6.45) is 2.30. The Morgan fingerprint density at radius 1 is 1.16 bits per heavy atom. The molecule has 3 spiro atoms. The number of hydrogen-bond donors (Lipinski definition) is 2. The molecule has 7 nitrogen and oxygen atoms in total. The highest BCUT2D eigenvalue weighted by Crippen LogP contribution is 2.82. The first-order valence-corrected chi connectivity index (χ1v) is 12.3. The summed E-state index contributed by atoms with van der Waals surface area (Å²) in [4.78, 5) is 2.59. The van der Waals surface area contributed by atoms with Crippen molar-refractivity contribution in [3.05, 3.63) is 0 Å². The van der Waals surface area contributed by atoms with E-state index in [1.807, 2.05) is 7.11 Å². The zero-order chi connectivity index (χ0) is 21.6. The average Bonchev–Trinajstić information content (AvgIpc) is 3.31. The standard InChI is InChI=1S/C24H37NO6/c1-5-25-10-21(2)7-6-15(26)23-13-8-12-14(28-3)9-22(16(13)17(12)27)24(20(23)25,31-11-30-22)19(29-4)18(21)23/h12-20,26-27H,5-11H2,1-4H3. The molecule has 31 heavy (non-hydrogen) atoms. The summed E-state index contributed by atoms with van der Waals surface area (Å²) in [5.41, 5.74) is -1.63. The number of hydrogen-bond acceptors (Lipinski definition) is 7. The Kier molecular flexibility index (Phi) is 3.80. The number of rotatable bonds is 3. The molecule has 0 aromatic rings. The molecule has 2 N–H and O–H groups in total. The van der Waals surface area contributed by atoms with Crippen molar-refractivity contribution in [3.63, 3.8) is 0 Å².